The number of hydrogen-bond donors (Lipinski definition) is 9. The van der Waals surface area contributed by atoms with Crippen molar-refractivity contribution in [1.82, 2.24) is 0 Å². The van der Waals surface area contributed by atoms with Crippen molar-refractivity contribution in [1.29, 1.82) is 0 Å². The van der Waals surface area contributed by atoms with E-state index in [1.807, 2.05) is 48.5 Å². The van der Waals surface area contributed by atoms with E-state index >= 15 is 0 Å². The topological polar surface area (TPSA) is 277 Å². The Morgan fingerprint density at radius 3 is 0.500 bits per heavy atom. The summed E-state index contributed by atoms with van der Waals surface area (Å²) in [5, 5.41) is 88.4. The predicted molar refractivity (Wildman–Crippen MR) is 490 cm³/mol. The minimum atomic E-state index is -0.798. The zero-order valence-corrected chi connectivity index (χ0v) is 79.8. The van der Waals surface area contributed by atoms with Crippen LogP contribution in [0.4, 0.5) is 0 Å². The lowest BCUT2D eigenvalue weighted by molar-refractivity contribution is -0.144. The monoisotopic (exact) mass is 1640 g/mol. The Hall–Kier alpha value is -7.55. The Kier molecular flexibility index (Phi) is 43.2. The molecule has 0 aliphatic carbocycles. The van der Waals surface area contributed by atoms with Gasteiger partial charge in [-0.25, -0.2) is 0 Å². The number of esters is 1. The van der Waals surface area contributed by atoms with Crippen molar-refractivity contribution in [2.45, 2.75) is 436 Å². The van der Waals surface area contributed by atoms with Crippen LogP contribution >= 0.6 is 0 Å². The Morgan fingerprint density at radius 2 is 0.364 bits per heavy atom. The summed E-state index contributed by atoms with van der Waals surface area (Å²) in [6, 6.07) is 19.6. The van der Waals surface area contributed by atoms with Crippen LogP contribution < -0.4 is 0 Å². The molecule has 5 aromatic rings. The maximum atomic E-state index is 12.3. The van der Waals surface area contributed by atoms with Crippen molar-refractivity contribution < 1.29 is 74.7 Å². The Balaban J connectivity index is 0.000000762. The molecule has 668 valence electrons. The van der Waals surface area contributed by atoms with E-state index in [4.69, 9.17) is 25.2 Å². The molecule has 0 atom stereocenters. The lowest BCUT2D eigenvalue weighted by Crippen LogP contribution is -2.18. The Bertz CT molecular complexity index is 3400. The van der Waals surface area contributed by atoms with Crippen LogP contribution in [0.1, 0.15) is 433 Å². The molecule has 0 radical (unpaired) electrons. The third-order valence-electron chi connectivity index (χ3n) is 21.3. The molecule has 0 aliphatic rings. The van der Waals surface area contributed by atoms with Gasteiger partial charge >= 0.3 is 29.8 Å². The molecule has 5 rings (SSSR count). The Labute approximate surface area is 715 Å². The molecule has 0 aliphatic heterocycles. The van der Waals surface area contributed by atoms with Crippen LogP contribution in [-0.2, 0) is 115 Å². The second-order valence-corrected chi connectivity index (χ2v) is 43.3. The number of aryl methyl sites for hydroxylation is 5. The molecule has 0 fully saturated rings. The first kappa shape index (κ1) is 108. The average Bonchev–Trinajstić information content (AvgIpc) is 0.809. The SMILES string of the molecule is CC(C)(C)c1cc(CCC(=O)O)cc(C(C)(C)C)c1O.CC(C)(C)c1cc(CCC(=O)O)cc(C(C)(C)C)c1O.CC(C)(C)c1cc(CCC(=O)O)cc(C(C)(C)C)c1O.CC(C)(C)c1cc(CCC(=O)O)cc(C(C)(C)C)c1O.CCCCCCCCCCCCCCCCCCOC(=O)CCc1cc(C(C)(C)C)c(O)c(C(C)(C)C)c1. The third-order valence-corrected chi connectivity index (χ3v) is 21.3. The van der Waals surface area contributed by atoms with Crippen molar-refractivity contribution in [3.05, 3.63) is 144 Å². The van der Waals surface area contributed by atoms with Gasteiger partial charge in [-0.2, -0.15) is 0 Å². The molecular formula is C103H166O15. The molecule has 0 unspecified atom stereocenters. The molecule has 15 heteroatoms. The fourth-order valence-electron chi connectivity index (χ4n) is 14.1. The van der Waals surface area contributed by atoms with Gasteiger partial charge < -0.3 is 50.7 Å². The standard InChI is InChI=1S/C35H62O3.4C17H26O3/c1-8-9-10-11-12-13-14-15-16-17-18-19-20-21-22-23-26-38-32(36)25-24-29-27-30(34(2,3)4)33(37)31(28-29)35(5,6)7;4*1-16(2,3)12-9-11(7-8-14(18)19)10-13(15(12)20)17(4,5)6/h27-28,37H,8-26H2,1-7H3;4*9-10,20H,7-8H2,1-6H3,(H,18,19). The van der Waals surface area contributed by atoms with E-state index in [1.54, 1.807) is 0 Å². The fourth-order valence-corrected chi connectivity index (χ4v) is 14.1. The number of aliphatic carboxylic acids is 4. The van der Waals surface area contributed by atoms with Crippen LogP contribution in [-0.4, -0.2) is 82.4 Å². The quantitative estimate of drug-likeness (QED) is 0.0143. The minimum absolute atomic E-state index is 0.109. The van der Waals surface area contributed by atoms with E-state index in [-0.39, 0.29) is 85.8 Å². The first-order valence-corrected chi connectivity index (χ1v) is 44.0. The van der Waals surface area contributed by atoms with Crippen molar-refractivity contribution in [3.63, 3.8) is 0 Å². The molecule has 0 spiro atoms. The number of phenolic OH excluding ortho intramolecular Hbond substituents is 5. The number of phenols is 5. The lowest BCUT2D eigenvalue weighted by Gasteiger charge is -2.28. The summed E-state index contributed by atoms with van der Waals surface area (Å²) in [5.41, 5.74) is 12.2. The molecule has 5 aromatic carbocycles. The highest BCUT2D eigenvalue weighted by atomic mass is 16.5. The van der Waals surface area contributed by atoms with Gasteiger partial charge in [0.1, 0.15) is 28.7 Å². The number of hydrogen-bond acceptors (Lipinski definition) is 11. The van der Waals surface area contributed by atoms with Crippen LogP contribution in [0, 0.1) is 0 Å². The molecule has 0 saturated heterocycles. The summed E-state index contributed by atoms with van der Waals surface area (Å²) in [6.07, 6.45) is 24.9. The van der Waals surface area contributed by atoms with E-state index < -0.39 is 23.9 Å². The first-order valence-electron chi connectivity index (χ1n) is 44.0. The van der Waals surface area contributed by atoms with E-state index in [1.165, 1.54) is 89.9 Å². The van der Waals surface area contributed by atoms with E-state index in [2.05, 4.69) is 227 Å². The van der Waals surface area contributed by atoms with Crippen LogP contribution in [0.5, 0.6) is 28.7 Å². The van der Waals surface area contributed by atoms with Crippen LogP contribution in [0.15, 0.2) is 60.7 Å². The zero-order chi connectivity index (χ0) is 91.3. The van der Waals surface area contributed by atoms with Crippen molar-refractivity contribution >= 4 is 29.8 Å². The summed E-state index contributed by atoms with van der Waals surface area (Å²) >= 11 is 0. The number of carboxylic acids is 4. The number of carboxylic acid groups (broad SMARTS) is 4. The summed E-state index contributed by atoms with van der Waals surface area (Å²) in [4.78, 5) is 55.4. The number of unbranched alkanes of at least 4 members (excludes halogenated alkanes) is 15. The molecule has 15 nitrogen and oxygen atoms in total. The van der Waals surface area contributed by atoms with Gasteiger partial charge in [0.2, 0.25) is 0 Å². The second-order valence-electron chi connectivity index (χ2n) is 43.3. The van der Waals surface area contributed by atoms with E-state index in [0.717, 1.165) is 96.3 Å². The first-order chi connectivity index (χ1) is 53.7. The third kappa shape index (κ3) is 40.2. The average molecular weight is 1640 g/mol. The van der Waals surface area contributed by atoms with Crippen LogP contribution in [0.2, 0.25) is 0 Å². The van der Waals surface area contributed by atoms with Crippen molar-refractivity contribution in [2.24, 2.45) is 0 Å². The van der Waals surface area contributed by atoms with Gasteiger partial charge in [0.05, 0.1) is 6.61 Å². The highest BCUT2D eigenvalue weighted by molar-refractivity contribution is 5.70. The number of aromatic hydroxyl groups is 5. The van der Waals surface area contributed by atoms with Crippen molar-refractivity contribution in [2.75, 3.05) is 6.61 Å². The van der Waals surface area contributed by atoms with Crippen LogP contribution in [0.3, 0.4) is 0 Å². The predicted octanol–water partition coefficient (Wildman–Crippen LogP) is 26.7. The molecule has 0 aromatic heterocycles. The molecule has 0 heterocycles. The minimum Gasteiger partial charge on any atom is -0.507 e. The molecule has 9 N–H and O–H groups in total. The highest BCUT2D eigenvalue weighted by Gasteiger charge is 2.33. The van der Waals surface area contributed by atoms with Gasteiger partial charge in [-0.15, -0.1) is 0 Å². The largest absolute Gasteiger partial charge is 0.507 e. The highest BCUT2D eigenvalue weighted by Crippen LogP contribution is 2.46. The van der Waals surface area contributed by atoms with E-state index in [0.29, 0.717) is 73.9 Å². The molecule has 0 saturated carbocycles. The Morgan fingerprint density at radius 1 is 0.229 bits per heavy atom. The molecule has 0 amide bonds. The number of benzene rings is 5. The number of ether oxygens (including phenoxy) is 1. The number of carbonyl (C=O) groups is 5. The fraction of sp³-hybridized carbons (Fsp3) is 0.660. The van der Waals surface area contributed by atoms with Gasteiger partial charge in [-0.1, -0.05) is 372 Å². The normalized spacial score (nSPS) is 12.4. The van der Waals surface area contributed by atoms with Gasteiger partial charge in [0.25, 0.3) is 0 Å². The smallest absolute Gasteiger partial charge is 0.306 e. The maximum Gasteiger partial charge on any atom is 0.306 e. The number of rotatable bonds is 32. The van der Waals surface area contributed by atoms with Crippen molar-refractivity contribution in [3.8, 4) is 28.7 Å². The van der Waals surface area contributed by atoms with Gasteiger partial charge in [0, 0.05) is 32.1 Å². The number of carbonyl (C=O) groups excluding carboxylic acids is 1. The maximum absolute atomic E-state index is 12.3. The summed E-state index contributed by atoms with van der Waals surface area (Å²) in [5.74, 6) is -1.57. The molecular weight excluding hydrogens is 1480 g/mol. The van der Waals surface area contributed by atoms with E-state index in [9.17, 15) is 49.5 Å². The summed E-state index contributed by atoms with van der Waals surface area (Å²) in [6.45, 7) is 64.7. The van der Waals surface area contributed by atoms with Gasteiger partial charge in [-0.3, -0.25) is 24.0 Å². The zero-order valence-electron chi connectivity index (χ0n) is 79.8. The van der Waals surface area contributed by atoms with Crippen LogP contribution in [0.25, 0.3) is 0 Å². The van der Waals surface area contributed by atoms with Gasteiger partial charge in [0.15, 0.2) is 0 Å². The summed E-state index contributed by atoms with van der Waals surface area (Å²) < 4.78 is 5.51. The van der Waals surface area contributed by atoms with Gasteiger partial charge in [-0.05, 0) is 176 Å². The molecule has 118 heavy (non-hydrogen) atoms. The lowest BCUT2D eigenvalue weighted by atomic mass is 9.78. The summed E-state index contributed by atoms with van der Waals surface area (Å²) in [7, 11) is 0. The second kappa shape index (κ2) is 47.0. The molecule has 0 bridgehead atoms.